The Kier molecular flexibility index (Phi) is 11.8. The number of allylic oxidation sites excluding steroid dienone is 2. The third-order valence-corrected chi connectivity index (χ3v) is 6.26. The lowest BCUT2D eigenvalue weighted by Gasteiger charge is -2.03. The van der Waals surface area contributed by atoms with Crippen LogP contribution in [0, 0.1) is 0 Å². The second kappa shape index (κ2) is 15.4. The van der Waals surface area contributed by atoms with E-state index in [1.807, 2.05) is 12.3 Å². The summed E-state index contributed by atoms with van der Waals surface area (Å²) in [5.74, 6) is 0.876. The molecule has 0 amide bonds. The Labute approximate surface area is 205 Å². The third-order valence-electron chi connectivity index (χ3n) is 6.26. The molecule has 0 spiro atoms. The monoisotopic (exact) mass is 465 g/mol. The standard InChI is InChI=1S/C29H43N3O2/c1-2-21-34-29-23-27(26-16-14-19-30-26)32-28(29)22-25-18-17-24(31-25)15-12-10-8-6-4-3-5-7-9-11-13-20-33/h14,16-19,22-23,30,32-33H,2-13,15,20-21H2,1H3. The lowest BCUT2D eigenvalue weighted by molar-refractivity contribution is 0.282. The van der Waals surface area contributed by atoms with Crippen molar-refractivity contribution in [1.82, 2.24) is 9.97 Å². The van der Waals surface area contributed by atoms with Gasteiger partial charge < -0.3 is 19.8 Å². The lowest BCUT2D eigenvalue weighted by atomic mass is 10.0. The summed E-state index contributed by atoms with van der Waals surface area (Å²) in [6, 6.07) is 6.12. The summed E-state index contributed by atoms with van der Waals surface area (Å²) in [5.41, 5.74) is 5.21. The number of rotatable bonds is 18. The molecule has 2 aromatic rings. The Morgan fingerprint density at radius 1 is 0.912 bits per heavy atom. The van der Waals surface area contributed by atoms with Gasteiger partial charge in [-0.25, -0.2) is 0 Å². The molecule has 0 saturated carbocycles. The molecule has 1 aliphatic heterocycles. The minimum atomic E-state index is 0.344. The van der Waals surface area contributed by atoms with Crippen LogP contribution in [0.1, 0.15) is 96.1 Å². The lowest BCUT2D eigenvalue weighted by Crippen LogP contribution is -1.95. The first-order chi connectivity index (χ1) is 16.8. The molecule has 0 bridgehead atoms. The van der Waals surface area contributed by atoms with Crippen LogP contribution in [-0.4, -0.2) is 34.0 Å². The summed E-state index contributed by atoms with van der Waals surface area (Å²) in [4.78, 5) is 11.6. The molecule has 3 rings (SSSR count). The predicted octanol–water partition coefficient (Wildman–Crippen LogP) is 7.82. The average molecular weight is 466 g/mol. The van der Waals surface area contributed by atoms with Gasteiger partial charge in [-0.05, 0) is 56.0 Å². The van der Waals surface area contributed by atoms with Crippen LogP contribution in [0.15, 0.2) is 47.2 Å². The molecule has 0 atom stereocenters. The number of aromatic amines is 2. The van der Waals surface area contributed by atoms with Crippen LogP contribution in [0.3, 0.4) is 0 Å². The molecule has 0 fully saturated rings. The second-order valence-electron chi connectivity index (χ2n) is 9.26. The Balaban J connectivity index is 1.37. The molecule has 2 aromatic heterocycles. The van der Waals surface area contributed by atoms with Crippen molar-refractivity contribution < 1.29 is 9.84 Å². The molecule has 3 N–H and O–H groups in total. The molecule has 5 heteroatoms. The molecule has 34 heavy (non-hydrogen) atoms. The number of unbranched alkanes of at least 4 members (excludes halogenated alkanes) is 10. The van der Waals surface area contributed by atoms with E-state index in [0.29, 0.717) is 13.2 Å². The zero-order valence-electron chi connectivity index (χ0n) is 21.0. The van der Waals surface area contributed by atoms with Gasteiger partial charge >= 0.3 is 0 Å². The molecular weight excluding hydrogens is 422 g/mol. The Morgan fingerprint density at radius 2 is 1.62 bits per heavy atom. The number of nitrogens with one attached hydrogen (secondary N) is 2. The number of ether oxygens (including phenoxy) is 1. The quantitative estimate of drug-likeness (QED) is 0.196. The Morgan fingerprint density at radius 3 is 2.26 bits per heavy atom. The molecule has 186 valence electrons. The summed E-state index contributed by atoms with van der Waals surface area (Å²) in [7, 11) is 0. The van der Waals surface area contributed by atoms with Gasteiger partial charge in [-0.15, -0.1) is 0 Å². The molecule has 0 aliphatic carbocycles. The highest BCUT2D eigenvalue weighted by Gasteiger charge is 2.12. The summed E-state index contributed by atoms with van der Waals surface area (Å²) in [5, 5.41) is 8.80. The van der Waals surface area contributed by atoms with Crippen LogP contribution in [0.4, 0.5) is 0 Å². The van der Waals surface area contributed by atoms with Crippen LogP contribution in [0.2, 0.25) is 0 Å². The van der Waals surface area contributed by atoms with Crippen molar-refractivity contribution in [3.63, 3.8) is 0 Å². The highest BCUT2D eigenvalue weighted by atomic mass is 16.5. The van der Waals surface area contributed by atoms with E-state index in [0.717, 1.165) is 47.8 Å². The molecule has 0 aromatic carbocycles. The molecule has 0 saturated heterocycles. The van der Waals surface area contributed by atoms with E-state index < -0.39 is 0 Å². The Bertz CT molecular complexity index is 906. The molecule has 1 aliphatic rings. The van der Waals surface area contributed by atoms with Crippen molar-refractivity contribution in [2.24, 2.45) is 4.99 Å². The molecular formula is C29H43N3O2. The maximum absolute atomic E-state index is 8.80. The number of H-pyrrole nitrogens is 2. The maximum Gasteiger partial charge on any atom is 0.144 e. The van der Waals surface area contributed by atoms with Gasteiger partial charge in [-0.3, -0.25) is 4.99 Å². The summed E-state index contributed by atoms with van der Waals surface area (Å²) >= 11 is 0. The number of aliphatic imine (C=N–C) groups is 1. The van der Waals surface area contributed by atoms with E-state index >= 15 is 0 Å². The van der Waals surface area contributed by atoms with Crippen LogP contribution in [-0.2, 0) is 0 Å². The molecule has 3 heterocycles. The van der Waals surface area contributed by atoms with E-state index in [-0.39, 0.29) is 0 Å². The van der Waals surface area contributed by atoms with Crippen molar-refractivity contribution in [2.75, 3.05) is 13.2 Å². The molecule has 0 radical (unpaired) electrons. The van der Waals surface area contributed by atoms with E-state index in [2.05, 4.69) is 47.3 Å². The van der Waals surface area contributed by atoms with E-state index in [9.17, 15) is 0 Å². The summed E-state index contributed by atoms with van der Waals surface area (Å²) < 4.78 is 5.98. The van der Waals surface area contributed by atoms with Crippen molar-refractivity contribution in [3.8, 4) is 17.1 Å². The van der Waals surface area contributed by atoms with Crippen LogP contribution in [0.5, 0.6) is 5.75 Å². The third kappa shape index (κ3) is 9.02. The second-order valence-corrected chi connectivity index (χ2v) is 9.26. The van der Waals surface area contributed by atoms with Gasteiger partial charge in [-0.2, -0.15) is 0 Å². The van der Waals surface area contributed by atoms with Crippen molar-refractivity contribution in [1.29, 1.82) is 0 Å². The Hall–Kier alpha value is -2.53. The van der Waals surface area contributed by atoms with Gasteiger partial charge in [-0.1, -0.05) is 64.7 Å². The van der Waals surface area contributed by atoms with Crippen molar-refractivity contribution >= 4 is 11.8 Å². The number of nitrogens with zero attached hydrogens (tertiary/aromatic N) is 1. The summed E-state index contributed by atoms with van der Waals surface area (Å²) in [6.07, 6.45) is 24.3. The fourth-order valence-electron chi connectivity index (χ4n) is 4.33. The zero-order chi connectivity index (χ0) is 23.8. The number of hydrogen-bond acceptors (Lipinski definition) is 3. The smallest absolute Gasteiger partial charge is 0.144 e. The number of aliphatic hydroxyl groups excluding tert-OH is 1. The van der Waals surface area contributed by atoms with E-state index in [4.69, 9.17) is 14.8 Å². The van der Waals surface area contributed by atoms with Gasteiger partial charge in [0.1, 0.15) is 5.75 Å². The summed E-state index contributed by atoms with van der Waals surface area (Å²) in [6.45, 7) is 3.17. The average Bonchev–Trinajstić information content (AvgIpc) is 3.60. The van der Waals surface area contributed by atoms with E-state index in [1.54, 1.807) is 0 Å². The normalized spacial score (nSPS) is 14.3. The fourth-order valence-corrected chi connectivity index (χ4v) is 4.33. The predicted molar refractivity (Wildman–Crippen MR) is 143 cm³/mol. The van der Waals surface area contributed by atoms with Crippen molar-refractivity contribution in [2.45, 2.75) is 90.4 Å². The number of hydrogen-bond donors (Lipinski definition) is 3. The first-order valence-electron chi connectivity index (χ1n) is 13.4. The van der Waals surface area contributed by atoms with Gasteiger partial charge in [0.2, 0.25) is 0 Å². The number of aromatic nitrogens is 2. The van der Waals surface area contributed by atoms with Crippen molar-refractivity contribution in [3.05, 3.63) is 47.9 Å². The minimum absolute atomic E-state index is 0.344. The molecule has 5 nitrogen and oxygen atoms in total. The van der Waals surface area contributed by atoms with Crippen LogP contribution in [0.25, 0.3) is 17.5 Å². The van der Waals surface area contributed by atoms with Crippen LogP contribution < -0.4 is 4.74 Å². The SMILES string of the molecule is CCCOc1cc(-c2ccc[nH]2)[nH]c1C=C1C=CC(CCCCCCCCCCCCCO)=N1. The van der Waals surface area contributed by atoms with Gasteiger partial charge in [0.05, 0.1) is 29.4 Å². The first kappa shape index (κ1) is 26.1. The van der Waals surface area contributed by atoms with Gasteiger partial charge in [0, 0.05) is 24.6 Å². The first-order valence-corrected chi connectivity index (χ1v) is 13.4. The van der Waals surface area contributed by atoms with E-state index in [1.165, 1.54) is 69.9 Å². The topological polar surface area (TPSA) is 73.4 Å². The van der Waals surface area contributed by atoms with Crippen LogP contribution >= 0.6 is 0 Å². The highest BCUT2D eigenvalue weighted by Crippen LogP contribution is 2.29. The van der Waals surface area contributed by atoms with Gasteiger partial charge in [0.15, 0.2) is 0 Å². The van der Waals surface area contributed by atoms with Gasteiger partial charge in [0.25, 0.3) is 0 Å². The number of aliphatic hydroxyl groups is 1. The zero-order valence-corrected chi connectivity index (χ0v) is 21.0. The molecule has 0 unspecified atom stereocenters. The highest BCUT2D eigenvalue weighted by molar-refractivity contribution is 5.99. The minimum Gasteiger partial charge on any atom is -0.491 e. The largest absolute Gasteiger partial charge is 0.491 e. The maximum atomic E-state index is 8.80. The fraction of sp³-hybridized carbons (Fsp3) is 0.552.